The number of halogens is 2. The lowest BCUT2D eigenvalue weighted by molar-refractivity contribution is -0.389. The van der Waals surface area contributed by atoms with Crippen LogP contribution in [0.3, 0.4) is 0 Å². The lowest BCUT2D eigenvalue weighted by Gasteiger charge is -2.01. The molecular formula is C9H6Cl2N4O2. The Morgan fingerprint density at radius 1 is 1.47 bits per heavy atom. The number of pyridine rings is 1. The molecule has 0 spiro atoms. The summed E-state index contributed by atoms with van der Waals surface area (Å²) in [6.07, 6.45) is 3.02. The van der Waals surface area contributed by atoms with Crippen LogP contribution >= 0.6 is 23.2 Å². The minimum absolute atomic E-state index is 0.206. The monoisotopic (exact) mass is 272 g/mol. The summed E-state index contributed by atoms with van der Waals surface area (Å²) in [5, 5.41) is 15.0. The minimum atomic E-state index is -0.557. The van der Waals surface area contributed by atoms with E-state index in [1.807, 2.05) is 0 Å². The van der Waals surface area contributed by atoms with Gasteiger partial charge in [-0.2, -0.15) is 4.68 Å². The second-order valence-corrected chi connectivity index (χ2v) is 4.02. The van der Waals surface area contributed by atoms with Gasteiger partial charge in [-0.05, 0) is 11.0 Å². The highest BCUT2D eigenvalue weighted by molar-refractivity contribution is 6.34. The van der Waals surface area contributed by atoms with Crippen LogP contribution in [0, 0.1) is 10.1 Å². The molecular weight excluding hydrogens is 267 g/mol. The number of hydrogen-bond acceptors (Lipinski definition) is 4. The van der Waals surface area contributed by atoms with Gasteiger partial charge in [-0.25, -0.2) is 4.98 Å². The lowest BCUT2D eigenvalue weighted by Crippen LogP contribution is -2.02. The summed E-state index contributed by atoms with van der Waals surface area (Å²) in [6.45, 7) is 0.302. The molecule has 17 heavy (non-hydrogen) atoms. The molecule has 0 aliphatic heterocycles. The molecule has 0 unspecified atom stereocenters. The summed E-state index contributed by atoms with van der Waals surface area (Å²) < 4.78 is 1.41. The zero-order valence-electron chi connectivity index (χ0n) is 8.38. The predicted octanol–water partition coefficient (Wildman–Crippen LogP) is 2.54. The van der Waals surface area contributed by atoms with Crippen molar-refractivity contribution in [1.29, 1.82) is 0 Å². The van der Waals surface area contributed by atoms with Crippen molar-refractivity contribution in [2.75, 3.05) is 0 Å². The average molecular weight is 273 g/mol. The summed E-state index contributed by atoms with van der Waals surface area (Å²) in [6, 6.07) is 2.83. The van der Waals surface area contributed by atoms with Gasteiger partial charge >= 0.3 is 5.82 Å². The van der Waals surface area contributed by atoms with Gasteiger partial charge < -0.3 is 10.1 Å². The average Bonchev–Trinajstić information content (AvgIpc) is 2.71. The molecule has 2 rings (SSSR count). The summed E-state index contributed by atoms with van der Waals surface area (Å²) in [5.41, 5.74) is 0.689. The molecule has 0 fully saturated rings. The quantitative estimate of drug-likeness (QED) is 0.489. The highest BCUT2D eigenvalue weighted by Gasteiger charge is 2.12. The Bertz CT molecular complexity index is 570. The van der Waals surface area contributed by atoms with E-state index >= 15 is 0 Å². The molecule has 0 aromatic carbocycles. The molecule has 0 aliphatic rings. The fraction of sp³-hybridized carbons (Fsp3) is 0.111. The number of aromatic nitrogens is 3. The lowest BCUT2D eigenvalue weighted by atomic mass is 10.3. The van der Waals surface area contributed by atoms with E-state index in [4.69, 9.17) is 23.2 Å². The van der Waals surface area contributed by atoms with Gasteiger partial charge in [0.15, 0.2) is 0 Å². The van der Waals surface area contributed by atoms with Crippen LogP contribution in [0.2, 0.25) is 10.2 Å². The van der Waals surface area contributed by atoms with Gasteiger partial charge in [-0.15, -0.1) is 0 Å². The molecule has 2 aromatic heterocycles. The Morgan fingerprint density at radius 3 is 2.82 bits per heavy atom. The van der Waals surface area contributed by atoms with Gasteiger partial charge in [0.1, 0.15) is 5.15 Å². The van der Waals surface area contributed by atoms with Gasteiger partial charge in [0.2, 0.25) is 0 Å². The number of nitro groups is 1. The first kappa shape index (κ1) is 11.8. The molecule has 0 saturated heterocycles. The standard InChI is InChI=1S/C9H6Cl2N4O2/c10-7-3-8(11)12-4-6(7)5-14-2-1-9(13-14)15(16)17/h1-4H,5H2. The van der Waals surface area contributed by atoms with Crippen molar-refractivity contribution >= 4 is 29.0 Å². The van der Waals surface area contributed by atoms with Gasteiger partial charge in [0.25, 0.3) is 0 Å². The van der Waals surface area contributed by atoms with E-state index in [9.17, 15) is 10.1 Å². The second-order valence-electron chi connectivity index (χ2n) is 3.23. The van der Waals surface area contributed by atoms with E-state index in [0.29, 0.717) is 22.3 Å². The Labute approximate surface area is 106 Å². The van der Waals surface area contributed by atoms with Gasteiger partial charge in [0.05, 0.1) is 28.9 Å². The number of hydrogen-bond donors (Lipinski definition) is 0. The smallest absolute Gasteiger partial charge is 0.358 e. The van der Waals surface area contributed by atoms with Crippen LogP contribution in [0.5, 0.6) is 0 Å². The van der Waals surface area contributed by atoms with Crippen molar-refractivity contribution in [3.05, 3.63) is 50.4 Å². The zero-order valence-corrected chi connectivity index (χ0v) is 9.89. The highest BCUT2D eigenvalue weighted by Crippen LogP contribution is 2.19. The summed E-state index contributed by atoms with van der Waals surface area (Å²) >= 11 is 11.6. The molecule has 0 atom stereocenters. The Balaban J connectivity index is 2.22. The normalized spacial score (nSPS) is 10.5. The molecule has 0 aliphatic carbocycles. The van der Waals surface area contributed by atoms with Crippen LogP contribution in [-0.4, -0.2) is 19.7 Å². The fourth-order valence-electron chi connectivity index (χ4n) is 1.26. The van der Waals surface area contributed by atoms with E-state index in [-0.39, 0.29) is 5.82 Å². The van der Waals surface area contributed by atoms with Crippen LogP contribution in [0.25, 0.3) is 0 Å². The van der Waals surface area contributed by atoms with Gasteiger partial charge in [0, 0.05) is 11.8 Å². The van der Waals surface area contributed by atoms with Crippen LogP contribution < -0.4 is 0 Å². The first-order valence-electron chi connectivity index (χ1n) is 4.54. The van der Waals surface area contributed by atoms with Gasteiger partial charge in [-0.3, -0.25) is 0 Å². The van der Waals surface area contributed by atoms with Crippen LogP contribution in [0.1, 0.15) is 5.56 Å². The van der Waals surface area contributed by atoms with Crippen molar-refractivity contribution < 1.29 is 4.92 Å². The molecule has 88 valence electrons. The van der Waals surface area contributed by atoms with E-state index in [2.05, 4.69) is 10.1 Å². The summed E-state index contributed by atoms with van der Waals surface area (Å²) in [4.78, 5) is 13.8. The van der Waals surface area contributed by atoms with Crippen molar-refractivity contribution in [2.24, 2.45) is 0 Å². The third kappa shape index (κ3) is 2.72. The Kier molecular flexibility index (Phi) is 3.26. The maximum atomic E-state index is 10.5. The predicted molar refractivity (Wildman–Crippen MR) is 62.2 cm³/mol. The van der Waals surface area contributed by atoms with E-state index in [1.165, 1.54) is 29.2 Å². The maximum absolute atomic E-state index is 10.5. The topological polar surface area (TPSA) is 73.8 Å². The molecule has 0 saturated carbocycles. The number of nitrogens with zero attached hydrogens (tertiary/aromatic N) is 4. The van der Waals surface area contributed by atoms with Crippen molar-refractivity contribution in [1.82, 2.24) is 14.8 Å². The highest BCUT2D eigenvalue weighted by atomic mass is 35.5. The maximum Gasteiger partial charge on any atom is 0.389 e. The van der Waals surface area contributed by atoms with Crippen LogP contribution in [0.15, 0.2) is 24.5 Å². The summed E-state index contributed by atoms with van der Waals surface area (Å²) in [5.74, 6) is -0.206. The molecule has 2 heterocycles. The third-order valence-electron chi connectivity index (χ3n) is 2.04. The minimum Gasteiger partial charge on any atom is -0.358 e. The molecule has 0 bridgehead atoms. The first-order chi connectivity index (χ1) is 8.06. The second kappa shape index (κ2) is 4.68. The van der Waals surface area contributed by atoms with Crippen LogP contribution in [-0.2, 0) is 6.54 Å². The van der Waals surface area contributed by atoms with Crippen molar-refractivity contribution in [2.45, 2.75) is 6.54 Å². The molecule has 2 aromatic rings. The van der Waals surface area contributed by atoms with Crippen molar-refractivity contribution in [3.63, 3.8) is 0 Å². The molecule has 0 radical (unpaired) electrons. The largest absolute Gasteiger partial charge is 0.389 e. The Hall–Kier alpha value is -1.66. The van der Waals surface area contributed by atoms with E-state index in [0.717, 1.165) is 0 Å². The van der Waals surface area contributed by atoms with Crippen LogP contribution in [0.4, 0.5) is 5.82 Å². The van der Waals surface area contributed by atoms with E-state index in [1.54, 1.807) is 0 Å². The van der Waals surface area contributed by atoms with Gasteiger partial charge in [-0.1, -0.05) is 23.2 Å². The third-order valence-corrected chi connectivity index (χ3v) is 2.60. The van der Waals surface area contributed by atoms with Crippen molar-refractivity contribution in [3.8, 4) is 0 Å². The SMILES string of the molecule is O=[N+]([O-])c1ccn(Cc2cnc(Cl)cc2Cl)n1. The Morgan fingerprint density at radius 2 is 2.24 bits per heavy atom. The molecule has 0 amide bonds. The first-order valence-corrected chi connectivity index (χ1v) is 5.29. The molecule has 6 nitrogen and oxygen atoms in total. The number of rotatable bonds is 3. The zero-order chi connectivity index (χ0) is 12.4. The summed E-state index contributed by atoms with van der Waals surface area (Å²) in [7, 11) is 0. The van der Waals surface area contributed by atoms with E-state index < -0.39 is 4.92 Å². The fourth-order valence-corrected chi connectivity index (χ4v) is 1.69. The molecule has 8 heteroatoms. The molecule has 0 N–H and O–H groups in total.